The van der Waals surface area contributed by atoms with Gasteiger partial charge in [-0.1, -0.05) is 0 Å². The Morgan fingerprint density at radius 3 is 2.52 bits per heavy atom. The fraction of sp³-hybridized carbons (Fsp3) is 0.812. The molecule has 0 bridgehead atoms. The van der Waals surface area contributed by atoms with Crippen molar-refractivity contribution in [3.8, 4) is 0 Å². The third-order valence-electron chi connectivity index (χ3n) is 4.85. The number of ether oxygens (including phenoxy) is 1. The topological polar surface area (TPSA) is 79.0 Å². The summed E-state index contributed by atoms with van der Waals surface area (Å²) in [7, 11) is 1.30. The van der Waals surface area contributed by atoms with Crippen LogP contribution in [0.5, 0.6) is 0 Å². The first kappa shape index (κ1) is 17.7. The van der Waals surface area contributed by atoms with Crippen LogP contribution in [-0.2, 0) is 19.1 Å². The molecule has 2 fully saturated rings. The van der Waals surface area contributed by atoms with E-state index in [0.29, 0.717) is 13.1 Å². The summed E-state index contributed by atoms with van der Waals surface area (Å²) >= 11 is 0. The number of hydrogen-bond donors (Lipinski definition) is 1. The van der Waals surface area contributed by atoms with Gasteiger partial charge in [0.2, 0.25) is 11.8 Å². The smallest absolute Gasteiger partial charge is 0.307 e. The largest absolute Gasteiger partial charge is 0.469 e. The lowest BCUT2D eigenvalue weighted by Crippen LogP contribution is -2.59. The van der Waals surface area contributed by atoms with Crippen molar-refractivity contribution in [2.45, 2.75) is 57.7 Å². The van der Waals surface area contributed by atoms with Crippen LogP contribution >= 0.6 is 0 Å². The Hall–Kier alpha value is -1.63. The highest BCUT2D eigenvalue weighted by molar-refractivity contribution is 5.88. The monoisotopic (exact) mass is 325 g/mol. The van der Waals surface area contributed by atoms with Gasteiger partial charge in [-0.3, -0.25) is 19.3 Å². The van der Waals surface area contributed by atoms with Crippen molar-refractivity contribution in [1.29, 1.82) is 0 Å². The lowest BCUT2D eigenvalue weighted by atomic mass is 9.97. The summed E-state index contributed by atoms with van der Waals surface area (Å²) in [5, 5.41) is 2.75. The number of methoxy groups -OCH3 is 1. The standard InChI is InChI=1S/C16H27N3O4/c1-11-5-4-6-12(2)19(11)14(20)10-18-8-7-17-16(22)13(18)9-15(21)23-3/h11-13H,4-10H2,1-3H3,(H,17,22). The zero-order valence-electron chi connectivity index (χ0n) is 14.2. The minimum atomic E-state index is -0.629. The zero-order chi connectivity index (χ0) is 17.0. The minimum Gasteiger partial charge on any atom is -0.469 e. The number of carbonyl (C=O) groups is 3. The maximum atomic E-state index is 12.7. The molecular formula is C16H27N3O4. The number of piperidine rings is 1. The quantitative estimate of drug-likeness (QED) is 0.744. The third-order valence-corrected chi connectivity index (χ3v) is 4.85. The Balaban J connectivity index is 2.04. The molecule has 2 rings (SSSR count). The molecule has 0 aromatic rings. The number of esters is 1. The van der Waals surface area contributed by atoms with E-state index in [-0.39, 0.29) is 36.9 Å². The van der Waals surface area contributed by atoms with Gasteiger partial charge in [0.15, 0.2) is 0 Å². The first-order valence-electron chi connectivity index (χ1n) is 8.33. The van der Waals surface area contributed by atoms with E-state index < -0.39 is 12.0 Å². The molecule has 7 heteroatoms. The van der Waals surface area contributed by atoms with Crippen LogP contribution in [0.25, 0.3) is 0 Å². The first-order valence-corrected chi connectivity index (χ1v) is 8.33. The van der Waals surface area contributed by atoms with Crippen LogP contribution in [-0.4, -0.2) is 72.5 Å². The average Bonchev–Trinajstić information content (AvgIpc) is 2.50. The van der Waals surface area contributed by atoms with E-state index in [1.165, 1.54) is 7.11 Å². The van der Waals surface area contributed by atoms with E-state index in [9.17, 15) is 14.4 Å². The number of nitrogens with zero attached hydrogens (tertiary/aromatic N) is 2. The summed E-state index contributed by atoms with van der Waals surface area (Å²) < 4.78 is 4.66. The molecular weight excluding hydrogens is 298 g/mol. The number of amides is 2. The summed E-state index contributed by atoms with van der Waals surface area (Å²) in [5.41, 5.74) is 0. The zero-order valence-corrected chi connectivity index (χ0v) is 14.2. The summed E-state index contributed by atoms with van der Waals surface area (Å²) in [6.07, 6.45) is 3.15. The van der Waals surface area contributed by atoms with E-state index in [0.717, 1.165) is 19.3 Å². The molecule has 2 aliphatic rings. The van der Waals surface area contributed by atoms with Gasteiger partial charge in [-0.25, -0.2) is 0 Å². The lowest BCUT2D eigenvalue weighted by molar-refractivity contribution is -0.148. The number of hydrogen-bond acceptors (Lipinski definition) is 5. The number of nitrogens with one attached hydrogen (secondary N) is 1. The van der Waals surface area contributed by atoms with Gasteiger partial charge >= 0.3 is 5.97 Å². The van der Waals surface area contributed by atoms with Crippen molar-refractivity contribution >= 4 is 17.8 Å². The molecule has 2 amide bonds. The van der Waals surface area contributed by atoms with Crippen LogP contribution in [0.3, 0.4) is 0 Å². The van der Waals surface area contributed by atoms with Crippen molar-refractivity contribution < 1.29 is 19.1 Å². The van der Waals surface area contributed by atoms with Gasteiger partial charge in [0.25, 0.3) is 0 Å². The van der Waals surface area contributed by atoms with E-state index in [1.54, 1.807) is 4.90 Å². The van der Waals surface area contributed by atoms with Crippen LogP contribution in [0.1, 0.15) is 39.5 Å². The second-order valence-electron chi connectivity index (χ2n) is 6.49. The molecule has 0 saturated carbocycles. The third kappa shape index (κ3) is 4.22. The average molecular weight is 325 g/mol. The molecule has 1 N–H and O–H groups in total. The fourth-order valence-electron chi connectivity index (χ4n) is 3.58. The first-order chi connectivity index (χ1) is 10.9. The van der Waals surface area contributed by atoms with Gasteiger partial charge in [0, 0.05) is 25.2 Å². The second-order valence-corrected chi connectivity index (χ2v) is 6.49. The van der Waals surface area contributed by atoms with Crippen molar-refractivity contribution in [1.82, 2.24) is 15.1 Å². The van der Waals surface area contributed by atoms with Gasteiger partial charge in [0.1, 0.15) is 6.04 Å². The molecule has 7 nitrogen and oxygen atoms in total. The van der Waals surface area contributed by atoms with Crippen molar-refractivity contribution in [2.24, 2.45) is 0 Å². The van der Waals surface area contributed by atoms with Crippen LogP contribution in [0.15, 0.2) is 0 Å². The Morgan fingerprint density at radius 1 is 1.26 bits per heavy atom. The summed E-state index contributed by atoms with van der Waals surface area (Å²) in [6.45, 7) is 5.37. The predicted octanol–water partition coefficient (Wildman–Crippen LogP) is 0.139. The number of likely N-dealkylation sites (tertiary alicyclic amines) is 1. The number of carbonyl (C=O) groups excluding carboxylic acids is 3. The predicted molar refractivity (Wildman–Crippen MR) is 84.6 cm³/mol. The van der Waals surface area contributed by atoms with E-state index in [1.807, 2.05) is 4.90 Å². The highest BCUT2D eigenvalue weighted by Crippen LogP contribution is 2.23. The maximum absolute atomic E-state index is 12.7. The van der Waals surface area contributed by atoms with Crippen LogP contribution in [0.2, 0.25) is 0 Å². The molecule has 0 aromatic heterocycles. The van der Waals surface area contributed by atoms with E-state index in [4.69, 9.17) is 0 Å². The SMILES string of the molecule is COC(=O)CC1C(=O)NCCN1CC(=O)N1C(C)CCCC1C. The van der Waals surface area contributed by atoms with Crippen molar-refractivity contribution in [3.63, 3.8) is 0 Å². The molecule has 2 heterocycles. The highest BCUT2D eigenvalue weighted by Gasteiger charge is 2.36. The van der Waals surface area contributed by atoms with E-state index in [2.05, 4.69) is 23.9 Å². The van der Waals surface area contributed by atoms with Gasteiger partial charge in [-0.05, 0) is 33.1 Å². The summed E-state index contributed by atoms with van der Waals surface area (Å²) in [5.74, 6) is -0.618. The highest BCUT2D eigenvalue weighted by atomic mass is 16.5. The summed E-state index contributed by atoms with van der Waals surface area (Å²) in [4.78, 5) is 40.1. The normalized spacial score (nSPS) is 29.1. The van der Waals surface area contributed by atoms with Gasteiger partial charge in [-0.15, -0.1) is 0 Å². The molecule has 0 spiro atoms. The van der Waals surface area contributed by atoms with Gasteiger partial charge in [-0.2, -0.15) is 0 Å². The molecule has 0 aromatic carbocycles. The summed E-state index contributed by atoms with van der Waals surface area (Å²) in [6, 6.07) is -0.177. The Labute approximate surface area is 137 Å². The van der Waals surface area contributed by atoms with Crippen LogP contribution in [0.4, 0.5) is 0 Å². The lowest BCUT2D eigenvalue weighted by Gasteiger charge is -2.41. The second kappa shape index (κ2) is 7.77. The Bertz CT molecular complexity index is 458. The minimum absolute atomic E-state index is 0.0271. The maximum Gasteiger partial charge on any atom is 0.307 e. The van der Waals surface area contributed by atoms with Crippen LogP contribution in [0, 0.1) is 0 Å². The Kier molecular flexibility index (Phi) is 5.98. The molecule has 0 radical (unpaired) electrons. The van der Waals surface area contributed by atoms with Crippen molar-refractivity contribution in [3.05, 3.63) is 0 Å². The number of piperazine rings is 1. The van der Waals surface area contributed by atoms with Crippen molar-refractivity contribution in [2.75, 3.05) is 26.7 Å². The molecule has 2 aliphatic heterocycles. The molecule has 130 valence electrons. The molecule has 3 unspecified atom stereocenters. The molecule has 2 saturated heterocycles. The molecule has 23 heavy (non-hydrogen) atoms. The van der Waals surface area contributed by atoms with Crippen LogP contribution < -0.4 is 5.32 Å². The number of rotatable bonds is 4. The van der Waals surface area contributed by atoms with E-state index >= 15 is 0 Å². The fourth-order valence-corrected chi connectivity index (χ4v) is 3.58. The van der Waals surface area contributed by atoms with Gasteiger partial charge in [0.05, 0.1) is 20.1 Å². The Morgan fingerprint density at radius 2 is 1.91 bits per heavy atom. The molecule has 3 atom stereocenters. The van der Waals surface area contributed by atoms with Gasteiger partial charge < -0.3 is 15.0 Å². The molecule has 0 aliphatic carbocycles.